The molecule has 19 heavy (non-hydrogen) atoms. The van der Waals surface area contributed by atoms with Crippen LogP contribution in [0.4, 0.5) is 4.39 Å². The third-order valence-electron chi connectivity index (χ3n) is 2.53. The van der Waals surface area contributed by atoms with Crippen LogP contribution in [0.25, 0.3) is 6.08 Å². The molecule has 2 heterocycles. The molecule has 0 bridgehead atoms. The molecule has 0 aliphatic carbocycles. The predicted molar refractivity (Wildman–Crippen MR) is 65.7 cm³/mol. The molecule has 3 rings (SSSR count). The number of rotatable bonds is 2. The fourth-order valence-electron chi connectivity index (χ4n) is 1.63. The standard InChI is InChI=1S/C14H8FNO3/c15-10-5-3-9(4-6-10)8-11-14(17)19-13(16-11)12-2-1-7-18-12/h1-8H. The van der Waals surface area contributed by atoms with Gasteiger partial charge >= 0.3 is 5.97 Å². The number of nitrogens with zero attached hydrogens (tertiary/aromatic N) is 1. The minimum Gasteiger partial charge on any atom is -0.459 e. The largest absolute Gasteiger partial charge is 0.459 e. The number of ether oxygens (including phenoxy) is 1. The minimum atomic E-state index is -0.560. The summed E-state index contributed by atoms with van der Waals surface area (Å²) in [6, 6.07) is 9.04. The van der Waals surface area contributed by atoms with Crippen LogP contribution in [0.3, 0.4) is 0 Å². The average molecular weight is 257 g/mol. The van der Waals surface area contributed by atoms with Gasteiger partial charge in [-0.1, -0.05) is 12.1 Å². The van der Waals surface area contributed by atoms with Crippen LogP contribution in [0.5, 0.6) is 0 Å². The van der Waals surface area contributed by atoms with Crippen molar-refractivity contribution in [3.8, 4) is 0 Å². The zero-order valence-electron chi connectivity index (χ0n) is 9.67. The molecule has 0 amide bonds. The van der Waals surface area contributed by atoms with Gasteiger partial charge in [-0.2, -0.15) is 0 Å². The topological polar surface area (TPSA) is 51.8 Å². The van der Waals surface area contributed by atoms with Gasteiger partial charge in [0.25, 0.3) is 5.90 Å². The summed E-state index contributed by atoms with van der Waals surface area (Å²) in [7, 11) is 0. The van der Waals surface area contributed by atoms with E-state index >= 15 is 0 Å². The first-order valence-electron chi connectivity index (χ1n) is 5.54. The number of carbonyl (C=O) groups is 1. The Bertz CT molecular complexity index is 669. The third kappa shape index (κ3) is 2.30. The minimum absolute atomic E-state index is 0.128. The van der Waals surface area contributed by atoms with Crippen molar-refractivity contribution in [3.63, 3.8) is 0 Å². The lowest BCUT2D eigenvalue weighted by atomic mass is 10.2. The van der Waals surface area contributed by atoms with E-state index in [0.717, 1.165) is 0 Å². The summed E-state index contributed by atoms with van der Waals surface area (Å²) in [5.41, 5.74) is 0.816. The lowest BCUT2D eigenvalue weighted by Crippen LogP contribution is -2.04. The van der Waals surface area contributed by atoms with Gasteiger partial charge in [-0.3, -0.25) is 0 Å². The summed E-state index contributed by atoms with van der Waals surface area (Å²) in [5, 5.41) is 0. The van der Waals surface area contributed by atoms with Gasteiger partial charge in [0.1, 0.15) is 5.82 Å². The number of cyclic esters (lactones) is 1. The molecule has 0 unspecified atom stereocenters. The van der Waals surface area contributed by atoms with Gasteiger partial charge < -0.3 is 9.15 Å². The molecule has 5 heteroatoms. The number of hydrogen-bond acceptors (Lipinski definition) is 4. The third-order valence-corrected chi connectivity index (χ3v) is 2.53. The lowest BCUT2D eigenvalue weighted by molar-refractivity contribution is -0.130. The van der Waals surface area contributed by atoms with Crippen molar-refractivity contribution in [3.05, 3.63) is 65.5 Å². The van der Waals surface area contributed by atoms with E-state index in [1.807, 2.05) is 0 Å². The fraction of sp³-hybridized carbons (Fsp3) is 0. The summed E-state index contributed by atoms with van der Waals surface area (Å²) in [4.78, 5) is 15.7. The number of hydrogen-bond donors (Lipinski definition) is 0. The van der Waals surface area contributed by atoms with E-state index < -0.39 is 5.97 Å². The Hall–Kier alpha value is -2.69. The van der Waals surface area contributed by atoms with Crippen LogP contribution in [-0.2, 0) is 9.53 Å². The Morgan fingerprint density at radius 3 is 2.63 bits per heavy atom. The van der Waals surface area contributed by atoms with E-state index in [1.165, 1.54) is 24.5 Å². The van der Waals surface area contributed by atoms with E-state index in [2.05, 4.69) is 4.99 Å². The van der Waals surface area contributed by atoms with Gasteiger partial charge in [-0.05, 0) is 35.9 Å². The number of halogens is 1. The van der Waals surface area contributed by atoms with Crippen LogP contribution >= 0.6 is 0 Å². The van der Waals surface area contributed by atoms with Crippen LogP contribution < -0.4 is 0 Å². The van der Waals surface area contributed by atoms with Crippen molar-refractivity contribution in [2.45, 2.75) is 0 Å². The van der Waals surface area contributed by atoms with Crippen LogP contribution in [0.1, 0.15) is 11.3 Å². The number of carbonyl (C=O) groups excluding carboxylic acids is 1. The Labute approximate surface area is 107 Å². The number of furan rings is 1. The monoisotopic (exact) mass is 257 g/mol. The molecule has 0 N–H and O–H groups in total. The molecule has 1 aromatic carbocycles. The van der Waals surface area contributed by atoms with Gasteiger partial charge in [0, 0.05) is 0 Å². The highest BCUT2D eigenvalue weighted by molar-refractivity contribution is 6.11. The fourth-order valence-corrected chi connectivity index (χ4v) is 1.63. The maximum atomic E-state index is 12.8. The van der Waals surface area contributed by atoms with Crippen LogP contribution in [0.15, 0.2) is 57.8 Å². The summed E-state index contributed by atoms with van der Waals surface area (Å²) >= 11 is 0. The van der Waals surface area contributed by atoms with Crippen LogP contribution in [0, 0.1) is 5.82 Å². The Morgan fingerprint density at radius 2 is 1.95 bits per heavy atom. The SMILES string of the molecule is O=C1OC(c2ccco2)=NC1=Cc1ccc(F)cc1. The van der Waals surface area contributed by atoms with Gasteiger partial charge in [-0.25, -0.2) is 14.2 Å². The molecule has 1 aromatic heterocycles. The molecule has 4 nitrogen and oxygen atoms in total. The average Bonchev–Trinajstić information content (AvgIpc) is 3.03. The van der Waals surface area contributed by atoms with Crippen molar-refractivity contribution in [1.82, 2.24) is 0 Å². The zero-order chi connectivity index (χ0) is 13.2. The second-order valence-electron chi connectivity index (χ2n) is 3.86. The molecule has 0 spiro atoms. The zero-order valence-corrected chi connectivity index (χ0v) is 9.67. The highest BCUT2D eigenvalue weighted by Crippen LogP contribution is 2.19. The summed E-state index contributed by atoms with van der Waals surface area (Å²) < 4.78 is 22.9. The lowest BCUT2D eigenvalue weighted by Gasteiger charge is -1.93. The first-order valence-corrected chi connectivity index (χ1v) is 5.54. The van der Waals surface area contributed by atoms with Gasteiger partial charge in [0.05, 0.1) is 6.26 Å². The molecule has 1 aliphatic heterocycles. The van der Waals surface area contributed by atoms with Crippen molar-refractivity contribution >= 4 is 17.9 Å². The first-order chi connectivity index (χ1) is 9.22. The molecule has 0 saturated heterocycles. The number of esters is 1. The van der Waals surface area contributed by atoms with Crippen molar-refractivity contribution in [2.24, 2.45) is 4.99 Å². The van der Waals surface area contributed by atoms with Crippen molar-refractivity contribution in [2.75, 3.05) is 0 Å². The molecule has 2 aromatic rings. The Balaban J connectivity index is 1.92. The smallest absolute Gasteiger partial charge is 0.363 e. The summed E-state index contributed by atoms with van der Waals surface area (Å²) in [6.45, 7) is 0. The van der Waals surface area contributed by atoms with E-state index in [4.69, 9.17) is 9.15 Å². The highest BCUT2D eigenvalue weighted by atomic mass is 19.1. The molecular weight excluding hydrogens is 249 g/mol. The van der Waals surface area contributed by atoms with Crippen molar-refractivity contribution < 1.29 is 18.3 Å². The summed E-state index contributed by atoms with van der Waals surface area (Å²) in [5.74, 6) is -0.383. The Kier molecular flexibility index (Phi) is 2.72. The molecule has 94 valence electrons. The summed E-state index contributed by atoms with van der Waals surface area (Å²) in [6.07, 6.45) is 2.99. The second kappa shape index (κ2) is 4.53. The molecule has 0 radical (unpaired) electrons. The molecular formula is C14H8FNO3. The van der Waals surface area contributed by atoms with Crippen LogP contribution in [0.2, 0.25) is 0 Å². The predicted octanol–water partition coefficient (Wildman–Crippen LogP) is 2.76. The van der Waals surface area contributed by atoms with E-state index in [-0.39, 0.29) is 17.4 Å². The van der Waals surface area contributed by atoms with Crippen LogP contribution in [-0.4, -0.2) is 11.9 Å². The van der Waals surface area contributed by atoms with Crippen molar-refractivity contribution in [1.29, 1.82) is 0 Å². The number of aliphatic imine (C=N–C) groups is 1. The second-order valence-corrected chi connectivity index (χ2v) is 3.86. The maximum absolute atomic E-state index is 12.8. The van der Waals surface area contributed by atoms with E-state index in [0.29, 0.717) is 11.3 Å². The van der Waals surface area contributed by atoms with E-state index in [1.54, 1.807) is 24.3 Å². The molecule has 0 saturated carbocycles. The molecule has 0 fully saturated rings. The van der Waals surface area contributed by atoms with Gasteiger partial charge in [0.15, 0.2) is 11.5 Å². The quantitative estimate of drug-likeness (QED) is 0.614. The van der Waals surface area contributed by atoms with Gasteiger partial charge in [-0.15, -0.1) is 0 Å². The van der Waals surface area contributed by atoms with E-state index in [9.17, 15) is 9.18 Å². The van der Waals surface area contributed by atoms with Gasteiger partial charge in [0.2, 0.25) is 0 Å². The number of benzene rings is 1. The Morgan fingerprint density at radius 1 is 1.16 bits per heavy atom. The maximum Gasteiger partial charge on any atom is 0.363 e. The molecule has 1 aliphatic rings. The first kappa shape index (κ1) is 11.4. The molecule has 0 atom stereocenters. The highest BCUT2D eigenvalue weighted by Gasteiger charge is 2.25. The normalized spacial score (nSPS) is 16.6.